The number of ether oxygens (including phenoxy) is 6. The number of esters is 2. The van der Waals surface area contributed by atoms with Crippen molar-refractivity contribution < 1.29 is 42.8 Å². The molecule has 0 amide bonds. The molecular weight excluding hydrogens is 456 g/mol. The molecule has 3 atom stereocenters. The molecular formula is C26H26O9. The van der Waals surface area contributed by atoms with Crippen molar-refractivity contribution >= 4 is 17.7 Å². The van der Waals surface area contributed by atoms with Crippen LogP contribution in [0.3, 0.4) is 0 Å². The minimum atomic E-state index is -0.480. The Bertz CT molecular complexity index is 1140. The zero-order chi connectivity index (χ0) is 24.9. The summed E-state index contributed by atoms with van der Waals surface area (Å²) in [5.41, 5.74) is 0.722. The Kier molecular flexibility index (Phi) is 7.24. The van der Waals surface area contributed by atoms with E-state index >= 15 is 0 Å². The maximum absolute atomic E-state index is 13.0. The molecule has 0 N–H and O–H groups in total. The van der Waals surface area contributed by atoms with Gasteiger partial charge in [-0.1, -0.05) is 0 Å². The molecule has 0 aromatic heterocycles. The molecule has 0 radical (unpaired) electrons. The van der Waals surface area contributed by atoms with Crippen LogP contribution in [0.5, 0.6) is 17.2 Å². The Morgan fingerprint density at radius 1 is 0.886 bits per heavy atom. The molecule has 1 heterocycles. The number of carbonyl (C=O) groups is 3. The highest BCUT2D eigenvalue weighted by Crippen LogP contribution is 2.36. The van der Waals surface area contributed by atoms with Crippen LogP contribution in [0.2, 0.25) is 0 Å². The third-order valence-corrected chi connectivity index (χ3v) is 6.07. The number of rotatable bonds is 7. The monoisotopic (exact) mass is 482 g/mol. The number of carbonyl (C=O) groups excluding carboxylic acids is 3. The van der Waals surface area contributed by atoms with Crippen molar-refractivity contribution in [3.05, 3.63) is 65.6 Å². The fourth-order valence-corrected chi connectivity index (χ4v) is 4.20. The topological polar surface area (TPSA) is 107 Å². The fraction of sp³-hybridized carbons (Fsp3) is 0.346. The van der Waals surface area contributed by atoms with Gasteiger partial charge in [-0.15, -0.1) is 0 Å². The number of fused-ring (bicyclic) bond motifs is 1. The van der Waals surface area contributed by atoms with Gasteiger partial charge in [-0.2, -0.15) is 0 Å². The van der Waals surface area contributed by atoms with Gasteiger partial charge in [0.15, 0.2) is 11.5 Å². The summed E-state index contributed by atoms with van der Waals surface area (Å²) in [6.07, 6.45) is 1.93. The van der Waals surface area contributed by atoms with Gasteiger partial charge in [-0.05, 0) is 55.3 Å². The molecule has 184 valence electrons. The summed E-state index contributed by atoms with van der Waals surface area (Å²) in [7, 11) is 4.32. The highest BCUT2D eigenvalue weighted by Gasteiger charge is 2.42. The van der Waals surface area contributed by atoms with Gasteiger partial charge in [0.2, 0.25) is 11.5 Å². The zero-order valence-corrected chi connectivity index (χ0v) is 19.6. The first-order valence-corrected chi connectivity index (χ1v) is 11.1. The van der Waals surface area contributed by atoms with E-state index in [9.17, 15) is 14.4 Å². The highest BCUT2D eigenvalue weighted by molar-refractivity contribution is 5.97. The molecule has 9 heteroatoms. The van der Waals surface area contributed by atoms with E-state index < -0.39 is 18.0 Å². The number of hydrogen-bond donors (Lipinski definition) is 0. The molecule has 2 aromatic carbocycles. The average Bonchev–Trinajstić information content (AvgIpc) is 2.89. The van der Waals surface area contributed by atoms with Gasteiger partial charge in [0.1, 0.15) is 24.2 Å². The Hall–Kier alpha value is -4.01. The largest absolute Gasteiger partial charge is 0.493 e. The lowest BCUT2D eigenvalue weighted by Crippen LogP contribution is -2.43. The van der Waals surface area contributed by atoms with Crippen LogP contribution < -0.4 is 14.2 Å². The van der Waals surface area contributed by atoms with Crippen molar-refractivity contribution in [3.63, 3.8) is 0 Å². The number of methoxy groups -OCH3 is 3. The van der Waals surface area contributed by atoms with Crippen molar-refractivity contribution in [2.45, 2.75) is 31.5 Å². The summed E-state index contributed by atoms with van der Waals surface area (Å²) >= 11 is 0. The van der Waals surface area contributed by atoms with Crippen LogP contribution in [-0.2, 0) is 19.0 Å². The molecule has 1 aliphatic carbocycles. The summed E-state index contributed by atoms with van der Waals surface area (Å²) in [6, 6.07) is 11.1. The van der Waals surface area contributed by atoms with Crippen LogP contribution in [0.1, 0.15) is 40.0 Å². The minimum absolute atomic E-state index is 0.0952. The molecule has 35 heavy (non-hydrogen) atoms. The van der Waals surface area contributed by atoms with E-state index in [2.05, 4.69) is 4.74 Å². The quantitative estimate of drug-likeness (QED) is 0.546. The van der Waals surface area contributed by atoms with Gasteiger partial charge in [0, 0.05) is 6.42 Å². The molecule has 0 bridgehead atoms. The van der Waals surface area contributed by atoms with Crippen LogP contribution in [0.4, 0.5) is 0 Å². The van der Waals surface area contributed by atoms with E-state index in [1.807, 2.05) is 0 Å². The number of ketones is 1. The van der Waals surface area contributed by atoms with E-state index in [0.29, 0.717) is 47.6 Å². The van der Waals surface area contributed by atoms with E-state index in [4.69, 9.17) is 23.7 Å². The van der Waals surface area contributed by atoms with Gasteiger partial charge < -0.3 is 28.4 Å². The Balaban J connectivity index is 1.36. The average molecular weight is 482 g/mol. The second kappa shape index (κ2) is 10.5. The van der Waals surface area contributed by atoms with Gasteiger partial charge in [-0.3, -0.25) is 4.79 Å². The van der Waals surface area contributed by atoms with Crippen molar-refractivity contribution in [1.82, 2.24) is 0 Å². The van der Waals surface area contributed by atoms with Crippen LogP contribution in [0.25, 0.3) is 0 Å². The smallest absolute Gasteiger partial charge is 0.338 e. The summed E-state index contributed by atoms with van der Waals surface area (Å²) in [6.45, 7) is 0. The second-order valence-corrected chi connectivity index (χ2v) is 8.16. The van der Waals surface area contributed by atoms with Gasteiger partial charge in [-0.25, -0.2) is 9.59 Å². The molecule has 0 spiro atoms. The van der Waals surface area contributed by atoms with Crippen LogP contribution in [-0.4, -0.2) is 51.3 Å². The zero-order valence-electron chi connectivity index (χ0n) is 19.6. The second-order valence-electron chi connectivity index (χ2n) is 8.16. The standard InChI is InChI=1S/C26H26O9/c1-30-20-11-6-16(12-22(20)31-2)26(29)35-18-9-10-19-21(13-18)33-14-23(24(19)27)34-17-7-4-15(5-8-17)25(28)32-3/h4-8,11-12,14,18-19,21H,9-10,13H2,1-3H3. The molecule has 0 saturated heterocycles. The Labute approximate surface area is 202 Å². The molecule has 1 fully saturated rings. The number of allylic oxidation sites excluding steroid dienone is 1. The first-order chi connectivity index (χ1) is 16.9. The SMILES string of the molecule is COC(=O)c1ccc(OC2=COC3CC(OC(=O)c4ccc(OC)c(OC)c4)CCC3C2=O)cc1. The Morgan fingerprint density at radius 3 is 2.29 bits per heavy atom. The van der Waals surface area contributed by atoms with Crippen molar-refractivity contribution in [1.29, 1.82) is 0 Å². The molecule has 9 nitrogen and oxygen atoms in total. The number of Topliss-reactive ketones (excluding diaryl/α,β-unsaturated/α-hetero) is 1. The van der Waals surface area contributed by atoms with E-state index in [1.165, 1.54) is 27.6 Å². The predicted molar refractivity (Wildman–Crippen MR) is 122 cm³/mol. The first kappa shape index (κ1) is 24.1. The van der Waals surface area contributed by atoms with Gasteiger partial charge >= 0.3 is 11.9 Å². The summed E-state index contributed by atoms with van der Waals surface area (Å²) in [4.78, 5) is 37.2. The van der Waals surface area contributed by atoms with E-state index in [-0.39, 0.29) is 23.6 Å². The van der Waals surface area contributed by atoms with Crippen LogP contribution in [0.15, 0.2) is 54.5 Å². The lowest BCUT2D eigenvalue weighted by atomic mass is 9.80. The number of benzene rings is 2. The lowest BCUT2D eigenvalue weighted by molar-refractivity contribution is -0.132. The molecule has 1 saturated carbocycles. The third-order valence-electron chi connectivity index (χ3n) is 6.07. The summed E-state index contributed by atoms with van der Waals surface area (Å²) in [5, 5.41) is 0. The molecule has 2 aromatic rings. The predicted octanol–water partition coefficient (Wildman–Crippen LogP) is 3.70. The highest BCUT2D eigenvalue weighted by atomic mass is 16.6. The van der Waals surface area contributed by atoms with Crippen LogP contribution >= 0.6 is 0 Å². The van der Waals surface area contributed by atoms with Crippen molar-refractivity contribution in [2.24, 2.45) is 5.92 Å². The third kappa shape index (κ3) is 5.24. The van der Waals surface area contributed by atoms with Crippen molar-refractivity contribution in [2.75, 3.05) is 21.3 Å². The Morgan fingerprint density at radius 2 is 1.60 bits per heavy atom. The van der Waals surface area contributed by atoms with E-state index in [1.54, 1.807) is 42.5 Å². The molecule has 3 unspecified atom stereocenters. The molecule has 1 aliphatic heterocycles. The fourth-order valence-electron chi connectivity index (χ4n) is 4.20. The van der Waals surface area contributed by atoms with Crippen molar-refractivity contribution in [3.8, 4) is 17.2 Å². The summed E-state index contributed by atoms with van der Waals surface area (Å²) < 4.78 is 32.3. The maximum atomic E-state index is 13.0. The minimum Gasteiger partial charge on any atom is -0.493 e. The van der Waals surface area contributed by atoms with Gasteiger partial charge in [0.25, 0.3) is 0 Å². The summed E-state index contributed by atoms with van der Waals surface area (Å²) in [5.74, 6) is -0.0452. The molecule has 4 rings (SSSR count). The van der Waals surface area contributed by atoms with Gasteiger partial charge in [0.05, 0.1) is 38.4 Å². The first-order valence-electron chi connectivity index (χ1n) is 11.1. The molecule has 2 aliphatic rings. The maximum Gasteiger partial charge on any atom is 0.338 e. The normalized spacial score (nSPS) is 21.1. The van der Waals surface area contributed by atoms with Crippen LogP contribution in [0, 0.1) is 5.92 Å². The lowest BCUT2D eigenvalue weighted by Gasteiger charge is -2.36. The van der Waals surface area contributed by atoms with E-state index in [0.717, 1.165) is 0 Å². The number of hydrogen-bond acceptors (Lipinski definition) is 9.